The number of hydrogen-bond donors (Lipinski definition) is 0. The molecule has 0 saturated carbocycles. The highest BCUT2D eigenvalue weighted by atomic mass is 35.5. The van der Waals surface area contributed by atoms with Crippen molar-refractivity contribution < 1.29 is 9.22 Å². The topological polar surface area (TPSA) is 9.23 Å². The van der Waals surface area contributed by atoms with E-state index < -0.39 is 0 Å². The van der Waals surface area contributed by atoms with Gasteiger partial charge in [0.2, 0.25) is 0 Å². The molecule has 1 heterocycles. The third-order valence-electron chi connectivity index (χ3n) is 4.06. The Morgan fingerprint density at radius 3 is 2.29 bits per heavy atom. The fraction of sp³-hybridized carbons (Fsp3) is 0.500. The number of hydrogen-bond acceptors (Lipinski definition) is 1. The number of piperidine rings is 1. The minimum absolute atomic E-state index is 0.460. The van der Waals surface area contributed by atoms with Crippen LogP contribution in [0.2, 0.25) is 15.1 Å². The lowest BCUT2D eigenvalue weighted by Gasteiger charge is -2.40. The van der Waals surface area contributed by atoms with E-state index in [9.17, 15) is 0 Å². The second-order valence-electron chi connectivity index (χ2n) is 5.59. The Bertz CT molecular complexity index is 475. The minimum Gasteiger partial charge on any atom is -0.485 e. The lowest BCUT2D eigenvalue weighted by Crippen LogP contribution is -2.53. The number of benzene rings is 1. The molecule has 1 aliphatic heterocycles. The maximum absolute atomic E-state index is 6.14. The molecule has 1 aromatic rings. The van der Waals surface area contributed by atoms with Crippen LogP contribution in [0.15, 0.2) is 24.8 Å². The Hall–Kier alpha value is -0.410. The number of quaternary nitrogens is 1. The fourth-order valence-corrected chi connectivity index (χ4v) is 3.89. The maximum Gasteiger partial charge on any atom is 0.156 e. The van der Waals surface area contributed by atoms with Gasteiger partial charge < -0.3 is 9.22 Å². The minimum atomic E-state index is 0.460. The van der Waals surface area contributed by atoms with Gasteiger partial charge in [0.25, 0.3) is 0 Å². The number of nitrogens with zero attached hydrogens (tertiary/aromatic N) is 1. The van der Waals surface area contributed by atoms with Gasteiger partial charge in [0.1, 0.15) is 13.2 Å². The van der Waals surface area contributed by atoms with Gasteiger partial charge in [-0.15, -0.1) is 0 Å². The van der Waals surface area contributed by atoms with E-state index in [2.05, 4.69) is 6.58 Å². The summed E-state index contributed by atoms with van der Waals surface area (Å²) in [5.74, 6) is 0.525. The van der Waals surface area contributed by atoms with Crippen molar-refractivity contribution in [3.63, 3.8) is 0 Å². The van der Waals surface area contributed by atoms with Crippen molar-refractivity contribution in [3.8, 4) is 5.75 Å². The Balaban J connectivity index is 1.98. The zero-order chi connectivity index (χ0) is 15.3. The van der Waals surface area contributed by atoms with Crippen molar-refractivity contribution in [1.82, 2.24) is 0 Å². The average molecular weight is 350 g/mol. The molecule has 0 radical (unpaired) electrons. The van der Waals surface area contributed by atoms with Crippen molar-refractivity contribution >= 4 is 34.8 Å². The predicted molar refractivity (Wildman–Crippen MR) is 90.7 cm³/mol. The average Bonchev–Trinajstić information content (AvgIpc) is 2.43. The normalized spacial score (nSPS) is 17.5. The predicted octanol–water partition coefficient (Wildman–Crippen LogP) is 5.21. The van der Waals surface area contributed by atoms with Crippen LogP contribution >= 0.6 is 34.8 Å². The molecular formula is C16H21Cl3NO+. The molecule has 2 rings (SSSR count). The molecule has 0 amide bonds. The van der Waals surface area contributed by atoms with Crippen molar-refractivity contribution in [2.75, 3.05) is 32.8 Å². The molecule has 1 aliphatic rings. The van der Waals surface area contributed by atoms with Crippen molar-refractivity contribution in [2.45, 2.75) is 19.3 Å². The molecular weight excluding hydrogens is 329 g/mol. The molecule has 0 aliphatic carbocycles. The smallest absolute Gasteiger partial charge is 0.156 e. The summed E-state index contributed by atoms with van der Waals surface area (Å²) in [5.41, 5.74) is 0. The number of rotatable bonds is 6. The van der Waals surface area contributed by atoms with E-state index >= 15 is 0 Å². The molecule has 2 nitrogen and oxygen atoms in total. The molecule has 116 valence electrons. The van der Waals surface area contributed by atoms with Crippen LogP contribution < -0.4 is 4.74 Å². The molecule has 1 aromatic carbocycles. The van der Waals surface area contributed by atoms with Gasteiger partial charge in [-0.3, -0.25) is 0 Å². The van der Waals surface area contributed by atoms with Crippen LogP contribution in [0, 0.1) is 0 Å². The van der Waals surface area contributed by atoms with Crippen molar-refractivity contribution in [2.24, 2.45) is 0 Å². The van der Waals surface area contributed by atoms with Gasteiger partial charge in [0, 0.05) is 5.02 Å². The first-order valence-electron chi connectivity index (χ1n) is 7.30. The summed E-state index contributed by atoms with van der Waals surface area (Å²) in [6, 6.07) is 3.30. The Kier molecular flexibility index (Phi) is 6.24. The lowest BCUT2D eigenvalue weighted by molar-refractivity contribution is -0.927. The first-order valence-corrected chi connectivity index (χ1v) is 8.43. The van der Waals surface area contributed by atoms with Gasteiger partial charge in [-0.1, -0.05) is 41.4 Å². The van der Waals surface area contributed by atoms with E-state index in [1.165, 1.54) is 32.4 Å². The van der Waals surface area contributed by atoms with E-state index in [1.807, 2.05) is 6.08 Å². The van der Waals surface area contributed by atoms with Crippen LogP contribution in [0.25, 0.3) is 0 Å². The third kappa shape index (κ3) is 4.53. The van der Waals surface area contributed by atoms with Crippen molar-refractivity contribution in [1.29, 1.82) is 0 Å². The quantitative estimate of drug-likeness (QED) is 0.506. The molecule has 0 aromatic heterocycles. The Morgan fingerprint density at radius 2 is 1.71 bits per heavy atom. The highest BCUT2D eigenvalue weighted by molar-refractivity contribution is 6.40. The Labute approximate surface area is 141 Å². The van der Waals surface area contributed by atoms with Crippen LogP contribution in [0.3, 0.4) is 0 Å². The van der Waals surface area contributed by atoms with Crippen LogP contribution in [0.4, 0.5) is 0 Å². The van der Waals surface area contributed by atoms with Crippen LogP contribution in [-0.2, 0) is 0 Å². The zero-order valence-corrected chi connectivity index (χ0v) is 14.4. The Morgan fingerprint density at radius 1 is 1.10 bits per heavy atom. The molecule has 0 atom stereocenters. The zero-order valence-electron chi connectivity index (χ0n) is 12.1. The summed E-state index contributed by atoms with van der Waals surface area (Å²) in [4.78, 5) is 0. The SMILES string of the molecule is C=CC[N+]1(CCOc2c(Cl)cc(Cl)cc2Cl)CCCCC1. The largest absolute Gasteiger partial charge is 0.485 e. The van der Waals surface area contributed by atoms with Crippen LogP contribution in [-0.4, -0.2) is 37.3 Å². The highest BCUT2D eigenvalue weighted by Crippen LogP contribution is 2.35. The standard InChI is InChI=1S/C16H21Cl3NO/c1-2-6-20(7-4-3-5-8-20)9-10-21-16-14(18)11-13(17)12-15(16)19/h2,11-12H,1,3-10H2/q+1. The van der Waals surface area contributed by atoms with E-state index in [0.717, 1.165) is 17.6 Å². The van der Waals surface area contributed by atoms with Gasteiger partial charge >= 0.3 is 0 Å². The molecule has 0 spiro atoms. The summed E-state index contributed by atoms with van der Waals surface area (Å²) in [6.45, 7) is 8.80. The van der Waals surface area contributed by atoms with Crippen LogP contribution in [0.5, 0.6) is 5.75 Å². The summed E-state index contributed by atoms with van der Waals surface area (Å²) in [7, 11) is 0. The van der Waals surface area contributed by atoms with Gasteiger partial charge in [-0.25, -0.2) is 0 Å². The fourth-order valence-electron chi connectivity index (χ4n) is 2.96. The van der Waals surface area contributed by atoms with Gasteiger partial charge in [0.15, 0.2) is 5.75 Å². The lowest BCUT2D eigenvalue weighted by atomic mass is 10.1. The van der Waals surface area contributed by atoms with E-state index in [1.54, 1.807) is 12.1 Å². The molecule has 5 heteroatoms. The molecule has 1 saturated heterocycles. The second kappa shape index (κ2) is 7.73. The number of halogens is 3. The highest BCUT2D eigenvalue weighted by Gasteiger charge is 2.28. The van der Waals surface area contributed by atoms with Crippen molar-refractivity contribution in [3.05, 3.63) is 39.9 Å². The summed E-state index contributed by atoms with van der Waals surface area (Å²) in [6.07, 6.45) is 5.88. The van der Waals surface area contributed by atoms with E-state index in [0.29, 0.717) is 27.4 Å². The van der Waals surface area contributed by atoms with Gasteiger partial charge in [-0.05, 0) is 37.5 Å². The summed E-state index contributed by atoms with van der Waals surface area (Å²) in [5, 5.41) is 1.44. The summed E-state index contributed by atoms with van der Waals surface area (Å²) < 4.78 is 6.87. The number of likely N-dealkylation sites (tertiary alicyclic amines) is 1. The van der Waals surface area contributed by atoms with E-state index in [4.69, 9.17) is 39.5 Å². The first-order chi connectivity index (χ1) is 10.1. The monoisotopic (exact) mass is 348 g/mol. The molecule has 0 bridgehead atoms. The third-order valence-corrected chi connectivity index (χ3v) is 4.84. The molecule has 1 fully saturated rings. The first kappa shape index (κ1) is 17.0. The molecule has 0 N–H and O–H groups in total. The number of ether oxygens (including phenoxy) is 1. The summed E-state index contributed by atoms with van der Waals surface area (Å²) >= 11 is 18.2. The molecule has 21 heavy (non-hydrogen) atoms. The van der Waals surface area contributed by atoms with Gasteiger partial charge in [0.05, 0.1) is 29.7 Å². The van der Waals surface area contributed by atoms with E-state index in [-0.39, 0.29) is 0 Å². The maximum atomic E-state index is 6.14. The van der Waals surface area contributed by atoms with Crippen LogP contribution in [0.1, 0.15) is 19.3 Å². The second-order valence-corrected chi connectivity index (χ2v) is 6.84. The molecule has 0 unspecified atom stereocenters. The van der Waals surface area contributed by atoms with Gasteiger partial charge in [-0.2, -0.15) is 0 Å².